The van der Waals surface area contributed by atoms with Crippen LogP contribution in [0.5, 0.6) is 0 Å². The molecule has 13 heteroatoms. The van der Waals surface area contributed by atoms with Gasteiger partial charge in [-0.1, -0.05) is 11.6 Å². The van der Waals surface area contributed by atoms with E-state index in [-0.39, 0.29) is 28.4 Å². The molecule has 0 aliphatic carbocycles. The summed E-state index contributed by atoms with van der Waals surface area (Å²) in [5.74, 6) is -1.60. The van der Waals surface area contributed by atoms with E-state index in [2.05, 4.69) is 4.72 Å². The molecular weight excluding hydrogens is 499 g/mol. The molecule has 2 amide bonds. The van der Waals surface area contributed by atoms with Crippen LogP contribution in [0.2, 0.25) is 5.02 Å². The van der Waals surface area contributed by atoms with Gasteiger partial charge in [0.05, 0.1) is 38.8 Å². The van der Waals surface area contributed by atoms with Gasteiger partial charge < -0.3 is 0 Å². The van der Waals surface area contributed by atoms with Crippen LogP contribution in [0.1, 0.15) is 31.8 Å². The molecule has 1 aromatic heterocycles. The predicted molar refractivity (Wildman–Crippen MR) is 112 cm³/mol. The molecule has 0 bridgehead atoms. The smallest absolute Gasteiger partial charge is 0.285 e. The van der Waals surface area contributed by atoms with Crippen LogP contribution >= 0.6 is 11.6 Å². The number of hydrogen-bond donors (Lipinski definition) is 2. The molecule has 0 radical (unpaired) electrons. The monoisotopic (exact) mass is 512 g/mol. The zero-order chi connectivity index (χ0) is 24.8. The molecule has 4 rings (SSSR count). The second-order valence-corrected chi connectivity index (χ2v) is 9.35. The largest absolute Gasteiger partial charge is 0.416 e. The van der Waals surface area contributed by atoms with Crippen molar-refractivity contribution in [3.63, 3.8) is 0 Å². The van der Waals surface area contributed by atoms with Gasteiger partial charge >= 0.3 is 6.18 Å². The summed E-state index contributed by atoms with van der Waals surface area (Å²) in [5, 5.41) is 9.46. The van der Waals surface area contributed by atoms with E-state index in [1.54, 1.807) is 6.07 Å². The van der Waals surface area contributed by atoms with Gasteiger partial charge in [-0.2, -0.15) is 13.2 Å². The van der Waals surface area contributed by atoms with Crippen LogP contribution in [-0.2, 0) is 22.7 Å². The SMILES string of the molecule is O=C1c2c(Cl)ccc(NS(=O)(=O)c3ccc(C(F)(F)F)cc3)c2C(=O)N1Cc1ccc[n+](O)c1. The molecule has 0 saturated heterocycles. The number of hydrogen-bond acceptors (Lipinski definition) is 5. The first-order valence-corrected chi connectivity index (χ1v) is 11.3. The lowest BCUT2D eigenvalue weighted by molar-refractivity contribution is -0.905. The Morgan fingerprint density at radius 1 is 1.00 bits per heavy atom. The molecule has 176 valence electrons. The van der Waals surface area contributed by atoms with Gasteiger partial charge in [0.25, 0.3) is 21.8 Å². The third kappa shape index (κ3) is 4.29. The van der Waals surface area contributed by atoms with Crippen LogP contribution in [0.3, 0.4) is 0 Å². The van der Waals surface area contributed by atoms with Gasteiger partial charge in [0, 0.05) is 16.4 Å². The van der Waals surface area contributed by atoms with Crippen LogP contribution in [0, 0.1) is 0 Å². The van der Waals surface area contributed by atoms with Gasteiger partial charge in [-0.15, -0.1) is 0 Å². The van der Waals surface area contributed by atoms with Gasteiger partial charge in [0.15, 0.2) is 0 Å². The number of halogens is 4. The number of amides is 2. The first-order chi connectivity index (χ1) is 15.9. The van der Waals surface area contributed by atoms with Crippen LogP contribution in [-0.4, -0.2) is 30.3 Å². The van der Waals surface area contributed by atoms with Crippen molar-refractivity contribution in [1.82, 2.24) is 4.90 Å². The molecule has 1 aliphatic heterocycles. The summed E-state index contributed by atoms with van der Waals surface area (Å²) in [6.07, 6.45) is -2.03. The number of fused-ring (bicyclic) bond motifs is 1. The molecule has 2 N–H and O–H groups in total. The molecule has 34 heavy (non-hydrogen) atoms. The van der Waals surface area contributed by atoms with Crippen molar-refractivity contribution >= 4 is 39.1 Å². The molecule has 0 spiro atoms. The number of sulfonamides is 1. The van der Waals surface area contributed by atoms with Crippen LogP contribution in [0.15, 0.2) is 65.8 Å². The fourth-order valence-corrected chi connectivity index (χ4v) is 4.72. The van der Waals surface area contributed by atoms with Gasteiger partial charge in [-0.25, -0.2) is 8.42 Å². The topological polar surface area (TPSA) is 108 Å². The van der Waals surface area contributed by atoms with Crippen molar-refractivity contribution in [2.24, 2.45) is 0 Å². The minimum Gasteiger partial charge on any atom is -0.285 e. The summed E-state index contributed by atoms with van der Waals surface area (Å²) in [6.45, 7) is -0.227. The van der Waals surface area contributed by atoms with E-state index in [0.717, 1.165) is 21.8 Å². The lowest BCUT2D eigenvalue weighted by atomic mass is 10.1. The van der Waals surface area contributed by atoms with Gasteiger partial charge in [-0.3, -0.25) is 24.4 Å². The summed E-state index contributed by atoms with van der Waals surface area (Å²) in [7, 11) is -4.41. The Balaban J connectivity index is 1.68. The Hall–Kier alpha value is -3.64. The molecule has 8 nitrogen and oxygen atoms in total. The molecule has 0 unspecified atom stereocenters. The number of nitrogens with zero attached hydrogens (tertiary/aromatic N) is 2. The lowest BCUT2D eigenvalue weighted by Gasteiger charge is -2.14. The number of alkyl halides is 3. The van der Waals surface area contributed by atoms with Crippen molar-refractivity contribution in [3.8, 4) is 0 Å². The lowest BCUT2D eigenvalue weighted by Crippen LogP contribution is -2.33. The Kier molecular flexibility index (Phi) is 5.74. The van der Waals surface area contributed by atoms with Crippen LogP contribution in [0.4, 0.5) is 18.9 Å². The fourth-order valence-electron chi connectivity index (χ4n) is 3.41. The van der Waals surface area contributed by atoms with Crippen molar-refractivity contribution < 1.29 is 41.1 Å². The second-order valence-electron chi connectivity index (χ2n) is 7.26. The molecule has 0 saturated carbocycles. The van der Waals surface area contributed by atoms with E-state index >= 15 is 0 Å². The highest BCUT2D eigenvalue weighted by atomic mass is 35.5. The van der Waals surface area contributed by atoms with Crippen molar-refractivity contribution in [2.45, 2.75) is 17.6 Å². The number of imide groups is 1. The molecular formula is C21H14ClF3N3O5S+. The van der Waals surface area contributed by atoms with E-state index < -0.39 is 38.5 Å². The molecule has 0 fully saturated rings. The normalized spacial score (nSPS) is 13.8. The highest BCUT2D eigenvalue weighted by molar-refractivity contribution is 7.92. The number of anilines is 1. The number of pyridine rings is 1. The summed E-state index contributed by atoms with van der Waals surface area (Å²) in [5.41, 5.74) is -1.39. The van der Waals surface area contributed by atoms with E-state index in [1.165, 1.54) is 30.6 Å². The maximum atomic E-state index is 13.1. The summed E-state index contributed by atoms with van der Waals surface area (Å²) < 4.78 is 66.8. The quantitative estimate of drug-likeness (QED) is 0.309. The Bertz CT molecular complexity index is 1430. The first kappa shape index (κ1) is 23.5. The zero-order valence-electron chi connectivity index (χ0n) is 16.9. The number of aromatic nitrogens is 1. The summed E-state index contributed by atoms with van der Waals surface area (Å²) >= 11 is 6.12. The number of carbonyl (C=O) groups is 2. The van der Waals surface area contributed by atoms with Gasteiger partial charge in [-0.05, 0) is 42.5 Å². The maximum Gasteiger partial charge on any atom is 0.416 e. The predicted octanol–water partition coefficient (Wildman–Crippen LogP) is 3.48. The number of rotatable bonds is 5. The van der Waals surface area contributed by atoms with E-state index in [0.29, 0.717) is 17.7 Å². The highest BCUT2D eigenvalue weighted by Crippen LogP contribution is 2.36. The number of nitrogens with one attached hydrogen (secondary N) is 1. The van der Waals surface area contributed by atoms with Crippen molar-refractivity contribution in [1.29, 1.82) is 0 Å². The average molecular weight is 513 g/mol. The van der Waals surface area contributed by atoms with E-state index in [1.807, 2.05) is 0 Å². The number of benzene rings is 2. The Labute approximate surface area is 195 Å². The zero-order valence-corrected chi connectivity index (χ0v) is 18.4. The fraction of sp³-hybridized carbons (Fsp3) is 0.0952. The Morgan fingerprint density at radius 2 is 1.65 bits per heavy atom. The van der Waals surface area contributed by atoms with Gasteiger partial charge in [0.2, 0.25) is 12.4 Å². The summed E-state index contributed by atoms with van der Waals surface area (Å²) in [6, 6.07) is 8.25. The van der Waals surface area contributed by atoms with E-state index in [4.69, 9.17) is 11.6 Å². The van der Waals surface area contributed by atoms with Crippen LogP contribution in [0.25, 0.3) is 0 Å². The molecule has 0 atom stereocenters. The minimum absolute atomic E-state index is 0.0846. The Morgan fingerprint density at radius 3 is 2.26 bits per heavy atom. The van der Waals surface area contributed by atoms with Gasteiger partial charge in [0.1, 0.15) is 0 Å². The molecule has 3 aromatic rings. The second kappa shape index (κ2) is 8.29. The average Bonchev–Trinajstić information content (AvgIpc) is 3.01. The molecule has 2 heterocycles. The maximum absolute atomic E-state index is 13.1. The minimum atomic E-state index is -4.64. The van der Waals surface area contributed by atoms with Crippen molar-refractivity contribution in [2.75, 3.05) is 4.72 Å². The first-order valence-electron chi connectivity index (χ1n) is 9.47. The molecule has 2 aromatic carbocycles. The van der Waals surface area contributed by atoms with Crippen molar-refractivity contribution in [3.05, 3.63) is 88.2 Å². The summed E-state index contributed by atoms with van der Waals surface area (Å²) in [4.78, 5) is 26.3. The highest BCUT2D eigenvalue weighted by Gasteiger charge is 2.40. The third-order valence-corrected chi connectivity index (χ3v) is 6.69. The van der Waals surface area contributed by atoms with Crippen LogP contribution < -0.4 is 9.45 Å². The molecule has 1 aliphatic rings. The third-order valence-electron chi connectivity index (χ3n) is 5.00. The standard InChI is InChI=1S/C21H13ClF3N3O5S/c22-15-7-8-16(26-34(32,33)14-5-3-13(4-6-14)21(23,24)25)18-17(15)19(29)28(20(18)30)11-12-2-1-9-27(31)10-12/h1-10H,11H2,(H-,26,30,31)/p+1. The van der Waals surface area contributed by atoms with E-state index in [9.17, 15) is 36.4 Å². The number of carbonyl (C=O) groups excluding carboxylic acids is 2.